The molecule has 8 aromatic rings. The minimum atomic E-state index is -1.43. The van der Waals surface area contributed by atoms with Crippen molar-refractivity contribution in [2.45, 2.75) is 19.6 Å². The molecule has 0 unspecified atom stereocenters. The molecule has 0 bridgehead atoms. The van der Waals surface area contributed by atoms with Gasteiger partial charge in [-0.1, -0.05) is 170 Å². The number of aromatic nitrogens is 3. The summed E-state index contributed by atoms with van der Waals surface area (Å²) in [7, 11) is -1.43. The van der Waals surface area contributed by atoms with E-state index in [-0.39, 0.29) is 23.5 Å². The normalized spacial score (nSPS) is 12.9. The summed E-state index contributed by atoms with van der Waals surface area (Å²) in [6, 6.07) is 45.9. The van der Waals surface area contributed by atoms with E-state index in [2.05, 4.69) is 110 Å². The lowest BCUT2D eigenvalue weighted by Gasteiger charge is -2.17. The summed E-state index contributed by atoms with van der Waals surface area (Å²) >= 11 is 0. The molecule has 0 saturated carbocycles. The Kier molecular flexibility index (Phi) is 6.83. The van der Waals surface area contributed by atoms with Gasteiger partial charge in [0.15, 0.2) is 17.5 Å². The first-order chi connectivity index (χ1) is 26.5. The molecule has 0 atom stereocenters. The monoisotopic (exact) mass is 664 g/mol. The molecule has 1 heterocycles. The summed E-state index contributed by atoms with van der Waals surface area (Å²) in [4.78, 5) is 14.2. The predicted octanol–water partition coefficient (Wildman–Crippen LogP) is 11.6. The van der Waals surface area contributed by atoms with Gasteiger partial charge < -0.3 is 0 Å². The van der Waals surface area contributed by atoms with Crippen LogP contribution in [0.15, 0.2) is 170 Å². The Bertz CT molecular complexity index is 2720. The zero-order valence-corrected chi connectivity index (χ0v) is 29.1. The van der Waals surface area contributed by atoms with Gasteiger partial charge in [0.2, 0.25) is 0 Å². The van der Waals surface area contributed by atoms with Crippen molar-refractivity contribution in [3.8, 4) is 67.5 Å². The van der Waals surface area contributed by atoms with Gasteiger partial charge in [0.25, 0.3) is 0 Å². The largest absolute Gasteiger partial charge is 0.208 e. The first-order valence-corrected chi connectivity index (χ1v) is 20.2. The molecule has 7 aromatic carbocycles. The number of benzene rings is 7. The van der Waals surface area contributed by atoms with Gasteiger partial charge in [-0.2, -0.15) is 0 Å². The summed E-state index contributed by atoms with van der Waals surface area (Å²) in [5, 5.41) is 3.83. The average molecular weight is 665 g/mol. The maximum Gasteiger partial charge on any atom is 0.164 e. The highest BCUT2D eigenvalue weighted by molar-refractivity contribution is 6.88. The van der Waals surface area contributed by atoms with Crippen molar-refractivity contribution in [2.24, 2.45) is 0 Å². The van der Waals surface area contributed by atoms with Gasteiger partial charge >= 0.3 is 0 Å². The number of nitrogens with zero attached hydrogens (tertiary/aromatic N) is 3. The quantitative estimate of drug-likeness (QED) is 0.159. The molecular weight excluding hydrogens is 623 g/mol. The highest BCUT2D eigenvalue weighted by Gasteiger charge is 2.17. The summed E-state index contributed by atoms with van der Waals surface area (Å²) < 4.78 is 41.9. The van der Waals surface area contributed by atoms with E-state index in [0.29, 0.717) is 22.8 Å². The van der Waals surface area contributed by atoms with Crippen molar-refractivity contribution in [1.29, 1.82) is 0 Å². The summed E-state index contributed by atoms with van der Waals surface area (Å²) in [5.74, 6) is 0.672. The van der Waals surface area contributed by atoms with Crippen molar-refractivity contribution in [3.05, 3.63) is 170 Å². The van der Waals surface area contributed by atoms with Gasteiger partial charge in [-0.25, -0.2) is 15.0 Å². The van der Waals surface area contributed by atoms with Gasteiger partial charge in [-0.05, 0) is 68.4 Å². The smallest absolute Gasteiger partial charge is 0.164 e. The maximum atomic E-state index is 8.63. The van der Waals surface area contributed by atoms with Crippen LogP contribution >= 0.6 is 0 Å². The lowest BCUT2D eigenvalue weighted by Crippen LogP contribution is -2.37. The highest BCUT2D eigenvalue weighted by atomic mass is 28.3. The van der Waals surface area contributed by atoms with Crippen LogP contribution in [0, 0.1) is 0 Å². The lowest BCUT2D eigenvalue weighted by atomic mass is 9.92. The number of fused-ring (bicyclic) bond motifs is 1. The van der Waals surface area contributed by atoms with E-state index in [9.17, 15) is 0 Å². The fraction of sp³-hybridized carbons (Fsp3) is 0.0652. The van der Waals surface area contributed by atoms with Gasteiger partial charge in [0.1, 0.15) is 0 Å². The van der Waals surface area contributed by atoms with Crippen LogP contribution < -0.4 is 5.19 Å². The Labute approximate surface area is 302 Å². The molecule has 0 spiro atoms. The molecule has 0 aliphatic rings. The minimum Gasteiger partial charge on any atom is -0.208 e. The van der Waals surface area contributed by atoms with E-state index in [1.807, 2.05) is 54.6 Å². The van der Waals surface area contributed by atoms with Crippen LogP contribution in [0.25, 0.3) is 78.3 Å². The van der Waals surface area contributed by atoms with Gasteiger partial charge in [0.05, 0.1) is 14.9 Å². The van der Waals surface area contributed by atoms with Crippen LogP contribution in [0.4, 0.5) is 0 Å². The Morgan fingerprint density at radius 3 is 1.64 bits per heavy atom. The highest BCUT2D eigenvalue weighted by Crippen LogP contribution is 2.36. The second-order valence-corrected chi connectivity index (χ2v) is 18.5. The van der Waals surface area contributed by atoms with Crippen LogP contribution in [0.1, 0.15) is 6.85 Å². The molecule has 0 saturated heterocycles. The maximum absolute atomic E-state index is 8.63. The standard InChI is InChI=1S/C46H37N3Si/c1-50(2,3)41-26-24-32(25-27-41)43-31-40(30-38-18-10-11-23-42(38)43)37-21-12-19-35(28-37)36-20-13-22-39(29-36)46-48-44(33-14-6-4-7-15-33)47-45(49-46)34-16-8-5-9-17-34/h4-31H,1-3H3/i4D,6D,7D,14D,15D. The SMILES string of the molecule is [2H]c1c([2H])c([2H])c(-c2nc(-c3ccccc3)nc(-c3cccc(-c4cccc(-c5cc(-c6ccc([Si](C)(C)C)cc6)c6ccccc6c5)c4)c3)n2)c([2H])c1[2H]. The van der Waals surface area contributed by atoms with E-state index >= 15 is 0 Å². The third-order valence-corrected chi connectivity index (χ3v) is 11.0. The number of rotatable bonds is 7. The lowest BCUT2D eigenvalue weighted by molar-refractivity contribution is 1.07. The van der Waals surface area contributed by atoms with Crippen molar-refractivity contribution >= 4 is 24.0 Å². The molecule has 0 radical (unpaired) electrons. The van der Waals surface area contributed by atoms with E-state index in [1.165, 1.54) is 27.1 Å². The van der Waals surface area contributed by atoms with Gasteiger partial charge in [-0.15, -0.1) is 0 Å². The topological polar surface area (TPSA) is 38.7 Å². The molecule has 0 fully saturated rings. The third-order valence-electron chi connectivity index (χ3n) is 8.96. The summed E-state index contributed by atoms with van der Waals surface area (Å²) in [5.41, 5.74) is 7.90. The fourth-order valence-electron chi connectivity index (χ4n) is 6.28. The molecule has 8 rings (SSSR count). The Hall–Kier alpha value is -5.97. The molecule has 3 nitrogen and oxygen atoms in total. The van der Waals surface area contributed by atoms with Crippen LogP contribution in [-0.2, 0) is 0 Å². The molecule has 0 aliphatic heterocycles. The first-order valence-electron chi connectivity index (χ1n) is 19.2. The molecule has 50 heavy (non-hydrogen) atoms. The van der Waals surface area contributed by atoms with Crippen molar-refractivity contribution in [1.82, 2.24) is 15.0 Å². The Morgan fingerprint density at radius 1 is 0.420 bits per heavy atom. The van der Waals surface area contributed by atoms with E-state index in [0.717, 1.165) is 22.3 Å². The van der Waals surface area contributed by atoms with Crippen molar-refractivity contribution in [3.63, 3.8) is 0 Å². The van der Waals surface area contributed by atoms with Crippen molar-refractivity contribution < 1.29 is 6.85 Å². The fourth-order valence-corrected chi connectivity index (χ4v) is 7.44. The average Bonchev–Trinajstić information content (AvgIpc) is 3.22. The Balaban J connectivity index is 1.22. The van der Waals surface area contributed by atoms with Crippen molar-refractivity contribution in [2.75, 3.05) is 0 Å². The molecule has 0 aliphatic carbocycles. The van der Waals surface area contributed by atoms with Crippen LogP contribution in [-0.4, -0.2) is 23.0 Å². The third kappa shape index (κ3) is 6.41. The first kappa shape index (κ1) is 26.0. The zero-order valence-electron chi connectivity index (χ0n) is 33.1. The van der Waals surface area contributed by atoms with E-state index in [4.69, 9.17) is 16.8 Å². The van der Waals surface area contributed by atoms with Crippen LogP contribution in [0.3, 0.4) is 0 Å². The van der Waals surface area contributed by atoms with Crippen LogP contribution in [0.2, 0.25) is 19.6 Å². The zero-order chi connectivity index (χ0) is 38.4. The van der Waals surface area contributed by atoms with Gasteiger partial charge in [0, 0.05) is 16.7 Å². The van der Waals surface area contributed by atoms with Gasteiger partial charge in [-0.3, -0.25) is 0 Å². The van der Waals surface area contributed by atoms with Crippen LogP contribution in [0.5, 0.6) is 0 Å². The summed E-state index contributed by atoms with van der Waals surface area (Å²) in [6.45, 7) is 7.11. The van der Waals surface area contributed by atoms with E-state index in [1.54, 1.807) is 0 Å². The second-order valence-electron chi connectivity index (χ2n) is 13.4. The Morgan fingerprint density at radius 2 is 0.960 bits per heavy atom. The number of hydrogen-bond acceptors (Lipinski definition) is 3. The predicted molar refractivity (Wildman–Crippen MR) is 213 cm³/mol. The molecule has 1 aromatic heterocycles. The molecule has 4 heteroatoms. The minimum absolute atomic E-state index is 0.00971. The molecule has 0 amide bonds. The number of hydrogen-bond donors (Lipinski definition) is 0. The summed E-state index contributed by atoms with van der Waals surface area (Å²) in [6.07, 6.45) is 0. The van der Waals surface area contributed by atoms with E-state index < -0.39 is 26.2 Å². The molecule has 240 valence electrons. The molecule has 0 N–H and O–H groups in total. The molecular formula is C46H37N3Si. The second kappa shape index (κ2) is 13.1.